The Bertz CT molecular complexity index is 1140. The molecule has 6 nitrogen and oxygen atoms in total. The van der Waals surface area contributed by atoms with E-state index in [1.54, 1.807) is 35.3 Å². The first-order valence-corrected chi connectivity index (χ1v) is 7.23. The van der Waals surface area contributed by atoms with E-state index >= 15 is 0 Å². The number of aromatic nitrogens is 4. The fourth-order valence-corrected chi connectivity index (χ4v) is 2.69. The summed E-state index contributed by atoms with van der Waals surface area (Å²) < 4.78 is 1.67. The van der Waals surface area contributed by atoms with E-state index in [-0.39, 0.29) is 0 Å². The lowest BCUT2D eigenvalue weighted by atomic mass is 10.0. The number of benzene rings is 1. The first-order valence-electron chi connectivity index (χ1n) is 7.23. The van der Waals surface area contributed by atoms with Crippen LogP contribution in [0.4, 0.5) is 0 Å². The molecule has 0 saturated carbocycles. The molecule has 0 aliphatic heterocycles. The van der Waals surface area contributed by atoms with E-state index in [0.29, 0.717) is 16.8 Å². The maximum atomic E-state index is 9.43. The standard InChI is InChI=1S/C18H10N6/c19-9-12-2-1-3-13(8-12)15-11-24(23-16(15)10-20)17-5-7-22-18-14(17)4-6-21-18/h1-8,11H,(H,21,22). The average molecular weight is 310 g/mol. The smallest absolute Gasteiger partial charge is 0.170 e. The number of nitrogens with zero attached hydrogens (tertiary/aromatic N) is 5. The Labute approximate surface area is 137 Å². The lowest BCUT2D eigenvalue weighted by Crippen LogP contribution is -1.96. The fourth-order valence-electron chi connectivity index (χ4n) is 2.69. The Morgan fingerprint density at radius 3 is 2.83 bits per heavy atom. The lowest BCUT2D eigenvalue weighted by Gasteiger charge is -2.02. The van der Waals surface area contributed by atoms with Gasteiger partial charge in [-0.25, -0.2) is 9.67 Å². The van der Waals surface area contributed by atoms with E-state index in [1.165, 1.54) is 0 Å². The second-order valence-corrected chi connectivity index (χ2v) is 5.21. The molecule has 24 heavy (non-hydrogen) atoms. The van der Waals surface area contributed by atoms with Crippen molar-refractivity contribution < 1.29 is 0 Å². The summed E-state index contributed by atoms with van der Waals surface area (Å²) in [5.74, 6) is 0. The normalized spacial score (nSPS) is 10.4. The molecule has 0 unspecified atom stereocenters. The quantitative estimate of drug-likeness (QED) is 0.615. The molecule has 0 radical (unpaired) electrons. The van der Waals surface area contributed by atoms with Gasteiger partial charge in [-0.1, -0.05) is 12.1 Å². The van der Waals surface area contributed by atoms with Gasteiger partial charge in [0.2, 0.25) is 0 Å². The van der Waals surface area contributed by atoms with Crippen molar-refractivity contribution in [2.45, 2.75) is 0 Å². The fraction of sp³-hybridized carbons (Fsp3) is 0. The maximum Gasteiger partial charge on any atom is 0.170 e. The SMILES string of the molecule is N#Cc1cccc(-c2cn(-c3ccnc4[nH]ccc34)nc2C#N)c1. The van der Waals surface area contributed by atoms with Gasteiger partial charge in [-0.2, -0.15) is 15.6 Å². The first kappa shape index (κ1) is 13.7. The number of rotatable bonds is 2. The molecule has 1 N–H and O–H groups in total. The summed E-state index contributed by atoms with van der Waals surface area (Å²) in [4.78, 5) is 7.32. The minimum atomic E-state index is 0.311. The monoisotopic (exact) mass is 310 g/mol. The van der Waals surface area contributed by atoms with Crippen LogP contribution >= 0.6 is 0 Å². The van der Waals surface area contributed by atoms with Gasteiger partial charge in [0, 0.05) is 29.5 Å². The highest BCUT2D eigenvalue weighted by Crippen LogP contribution is 2.27. The highest BCUT2D eigenvalue weighted by molar-refractivity contribution is 5.85. The summed E-state index contributed by atoms with van der Waals surface area (Å²) in [6.45, 7) is 0. The highest BCUT2D eigenvalue weighted by atomic mass is 15.3. The van der Waals surface area contributed by atoms with Crippen LogP contribution in [0.5, 0.6) is 0 Å². The Kier molecular flexibility index (Phi) is 3.08. The van der Waals surface area contributed by atoms with Crippen LogP contribution in [-0.2, 0) is 0 Å². The van der Waals surface area contributed by atoms with E-state index in [0.717, 1.165) is 22.3 Å². The van der Waals surface area contributed by atoms with Crippen LogP contribution in [0.1, 0.15) is 11.3 Å². The van der Waals surface area contributed by atoms with E-state index < -0.39 is 0 Å². The molecule has 0 spiro atoms. The Morgan fingerprint density at radius 1 is 1.08 bits per heavy atom. The number of H-pyrrole nitrogens is 1. The van der Waals surface area contributed by atoms with Crippen LogP contribution in [0, 0.1) is 22.7 Å². The minimum absolute atomic E-state index is 0.311. The number of hydrogen-bond acceptors (Lipinski definition) is 4. The van der Waals surface area contributed by atoms with Crippen LogP contribution in [0.3, 0.4) is 0 Å². The highest BCUT2D eigenvalue weighted by Gasteiger charge is 2.14. The molecule has 3 aromatic heterocycles. The van der Waals surface area contributed by atoms with Crippen LogP contribution in [0.15, 0.2) is 55.0 Å². The largest absolute Gasteiger partial charge is 0.346 e. The van der Waals surface area contributed by atoms with Crippen molar-refractivity contribution >= 4 is 11.0 Å². The third-order valence-corrected chi connectivity index (χ3v) is 3.81. The van der Waals surface area contributed by atoms with Crippen molar-refractivity contribution in [1.29, 1.82) is 10.5 Å². The van der Waals surface area contributed by atoms with Gasteiger partial charge in [0.05, 0.1) is 17.3 Å². The third kappa shape index (κ3) is 2.11. The zero-order valence-corrected chi connectivity index (χ0v) is 12.4. The molecule has 0 aliphatic rings. The molecule has 0 aliphatic carbocycles. The average Bonchev–Trinajstić information content (AvgIpc) is 3.28. The van der Waals surface area contributed by atoms with Gasteiger partial charge in [0.15, 0.2) is 5.69 Å². The number of aromatic amines is 1. The predicted molar refractivity (Wildman–Crippen MR) is 88.1 cm³/mol. The zero-order valence-electron chi connectivity index (χ0n) is 12.4. The van der Waals surface area contributed by atoms with Crippen LogP contribution in [-0.4, -0.2) is 19.7 Å². The van der Waals surface area contributed by atoms with Crippen molar-refractivity contribution in [2.75, 3.05) is 0 Å². The summed E-state index contributed by atoms with van der Waals surface area (Å²) in [7, 11) is 0. The topological polar surface area (TPSA) is 94.1 Å². The van der Waals surface area contributed by atoms with Gasteiger partial charge >= 0.3 is 0 Å². The molecule has 3 heterocycles. The Hall–Kier alpha value is -3.90. The molecule has 112 valence electrons. The molecule has 4 rings (SSSR count). The third-order valence-electron chi connectivity index (χ3n) is 3.81. The second-order valence-electron chi connectivity index (χ2n) is 5.21. The lowest BCUT2D eigenvalue weighted by molar-refractivity contribution is 0.879. The number of pyridine rings is 1. The van der Waals surface area contributed by atoms with Gasteiger partial charge in [-0.3, -0.25) is 0 Å². The van der Waals surface area contributed by atoms with E-state index in [4.69, 9.17) is 5.26 Å². The van der Waals surface area contributed by atoms with Gasteiger partial charge < -0.3 is 4.98 Å². The molecule has 0 atom stereocenters. The van der Waals surface area contributed by atoms with E-state index in [9.17, 15) is 5.26 Å². The molecular weight excluding hydrogens is 300 g/mol. The van der Waals surface area contributed by atoms with Gasteiger partial charge in [-0.15, -0.1) is 0 Å². The zero-order chi connectivity index (χ0) is 16.5. The number of nitrogens with one attached hydrogen (secondary N) is 1. The number of fused-ring (bicyclic) bond motifs is 1. The molecule has 1 aromatic carbocycles. The van der Waals surface area contributed by atoms with E-state index in [1.807, 2.05) is 24.4 Å². The van der Waals surface area contributed by atoms with Crippen molar-refractivity contribution in [2.24, 2.45) is 0 Å². The Balaban J connectivity index is 1.91. The van der Waals surface area contributed by atoms with Crippen LogP contribution < -0.4 is 0 Å². The first-order chi connectivity index (χ1) is 11.8. The predicted octanol–water partition coefficient (Wildman–Crippen LogP) is 3.16. The van der Waals surface area contributed by atoms with Gasteiger partial charge in [0.25, 0.3) is 0 Å². The maximum absolute atomic E-state index is 9.43. The summed E-state index contributed by atoms with van der Waals surface area (Å²) in [6, 6.07) is 15.1. The molecule has 0 saturated heterocycles. The van der Waals surface area contributed by atoms with Crippen LogP contribution in [0.2, 0.25) is 0 Å². The van der Waals surface area contributed by atoms with Crippen LogP contribution in [0.25, 0.3) is 27.8 Å². The Morgan fingerprint density at radius 2 is 2.00 bits per heavy atom. The van der Waals surface area contributed by atoms with Crippen molar-refractivity contribution in [3.8, 4) is 29.0 Å². The molecule has 4 aromatic rings. The molecular formula is C18H10N6. The number of hydrogen-bond donors (Lipinski definition) is 1. The number of nitriles is 2. The van der Waals surface area contributed by atoms with Gasteiger partial charge in [-0.05, 0) is 29.8 Å². The van der Waals surface area contributed by atoms with E-state index in [2.05, 4.69) is 27.2 Å². The molecule has 0 bridgehead atoms. The van der Waals surface area contributed by atoms with Crippen molar-refractivity contribution in [3.05, 3.63) is 66.2 Å². The minimum Gasteiger partial charge on any atom is -0.346 e. The molecule has 0 amide bonds. The summed E-state index contributed by atoms with van der Waals surface area (Å²) in [5, 5.41) is 23.8. The summed E-state index contributed by atoms with van der Waals surface area (Å²) in [5.41, 5.74) is 3.92. The second kappa shape index (κ2) is 5.38. The summed E-state index contributed by atoms with van der Waals surface area (Å²) >= 11 is 0. The summed E-state index contributed by atoms with van der Waals surface area (Å²) in [6.07, 6.45) is 5.31. The van der Waals surface area contributed by atoms with Crippen molar-refractivity contribution in [1.82, 2.24) is 19.7 Å². The van der Waals surface area contributed by atoms with Gasteiger partial charge in [0.1, 0.15) is 11.7 Å². The molecule has 6 heteroatoms. The molecule has 0 fully saturated rings. The van der Waals surface area contributed by atoms with Crippen molar-refractivity contribution in [3.63, 3.8) is 0 Å².